The molecule has 0 bridgehead atoms. The summed E-state index contributed by atoms with van der Waals surface area (Å²) in [7, 11) is 0. The SMILES string of the molecule is Nc1ccc(-c2cc(=O)cc(-c3ccccc3)[se]2)cc1. The Labute approximate surface area is 123 Å². The molecule has 3 aromatic rings. The van der Waals surface area contributed by atoms with Crippen molar-refractivity contribution >= 4 is 20.2 Å². The van der Waals surface area contributed by atoms with E-state index in [0.29, 0.717) is 0 Å². The molecule has 0 aliphatic rings. The summed E-state index contributed by atoms with van der Waals surface area (Å²) in [5.41, 5.74) is 8.71. The van der Waals surface area contributed by atoms with Crippen molar-refractivity contribution in [1.29, 1.82) is 0 Å². The second-order valence-electron chi connectivity index (χ2n) is 4.51. The Kier molecular flexibility index (Phi) is 3.55. The molecule has 0 amide bonds. The average molecular weight is 326 g/mol. The number of nitrogen functional groups attached to an aromatic ring is 1. The van der Waals surface area contributed by atoms with Gasteiger partial charge in [-0.15, -0.1) is 0 Å². The van der Waals surface area contributed by atoms with Gasteiger partial charge in [0.25, 0.3) is 0 Å². The van der Waals surface area contributed by atoms with Crippen LogP contribution in [-0.2, 0) is 0 Å². The van der Waals surface area contributed by atoms with Crippen molar-refractivity contribution in [2.24, 2.45) is 0 Å². The van der Waals surface area contributed by atoms with Crippen molar-refractivity contribution in [3.8, 4) is 20.0 Å². The summed E-state index contributed by atoms with van der Waals surface area (Å²) in [5.74, 6) is 0. The molecule has 2 aromatic carbocycles. The van der Waals surface area contributed by atoms with Crippen LogP contribution in [0.25, 0.3) is 20.0 Å². The van der Waals surface area contributed by atoms with Crippen molar-refractivity contribution in [1.82, 2.24) is 0 Å². The molecule has 3 heteroatoms. The van der Waals surface area contributed by atoms with Crippen LogP contribution >= 0.6 is 0 Å². The van der Waals surface area contributed by atoms with E-state index in [9.17, 15) is 4.79 Å². The summed E-state index contributed by atoms with van der Waals surface area (Å²) in [5, 5.41) is 0. The fraction of sp³-hybridized carbons (Fsp3) is 0. The first-order chi connectivity index (χ1) is 9.72. The first kappa shape index (κ1) is 12.9. The summed E-state index contributed by atoms with van der Waals surface area (Å²) in [4.78, 5) is 11.9. The van der Waals surface area contributed by atoms with Crippen LogP contribution in [0.5, 0.6) is 0 Å². The third kappa shape index (κ3) is 2.74. The fourth-order valence-corrected chi connectivity index (χ4v) is 4.31. The zero-order valence-corrected chi connectivity index (χ0v) is 12.5. The van der Waals surface area contributed by atoms with Gasteiger partial charge < -0.3 is 0 Å². The Balaban J connectivity index is 2.12. The van der Waals surface area contributed by atoms with Gasteiger partial charge in [0.1, 0.15) is 0 Å². The molecular formula is C17H13NOSe. The Bertz CT molecular complexity index is 776. The van der Waals surface area contributed by atoms with E-state index in [1.54, 1.807) is 12.1 Å². The van der Waals surface area contributed by atoms with Crippen LogP contribution in [0, 0.1) is 0 Å². The maximum atomic E-state index is 11.9. The van der Waals surface area contributed by atoms with Crippen molar-refractivity contribution < 1.29 is 0 Å². The second-order valence-corrected chi connectivity index (χ2v) is 6.78. The summed E-state index contributed by atoms with van der Waals surface area (Å²) in [6, 6.07) is 21.3. The third-order valence-corrected chi connectivity index (χ3v) is 5.43. The second kappa shape index (κ2) is 5.49. The van der Waals surface area contributed by atoms with Gasteiger partial charge in [0.05, 0.1) is 0 Å². The van der Waals surface area contributed by atoms with Crippen molar-refractivity contribution in [2.75, 3.05) is 5.73 Å². The predicted molar refractivity (Wildman–Crippen MR) is 84.9 cm³/mol. The molecule has 0 radical (unpaired) electrons. The van der Waals surface area contributed by atoms with Crippen LogP contribution < -0.4 is 11.2 Å². The van der Waals surface area contributed by atoms with Gasteiger partial charge in [-0.25, -0.2) is 0 Å². The summed E-state index contributed by atoms with van der Waals surface area (Å²) < 4.78 is 2.22. The van der Waals surface area contributed by atoms with Gasteiger partial charge >= 0.3 is 123 Å². The molecule has 0 saturated carbocycles. The molecule has 98 valence electrons. The quantitative estimate of drug-likeness (QED) is 0.581. The van der Waals surface area contributed by atoms with Gasteiger partial charge in [-0.1, -0.05) is 0 Å². The standard InChI is InChI=1S/C17H13NOSe/c18-14-8-6-13(7-9-14)17-11-15(19)10-16(20-17)12-4-2-1-3-5-12/h1-11H,18H2. The molecule has 0 aliphatic carbocycles. The molecule has 0 fully saturated rings. The van der Waals surface area contributed by atoms with E-state index in [-0.39, 0.29) is 19.9 Å². The van der Waals surface area contributed by atoms with Gasteiger partial charge in [-0.05, 0) is 0 Å². The summed E-state index contributed by atoms with van der Waals surface area (Å²) in [6.45, 7) is 0. The van der Waals surface area contributed by atoms with E-state index in [2.05, 4.69) is 0 Å². The van der Waals surface area contributed by atoms with Crippen molar-refractivity contribution in [2.45, 2.75) is 0 Å². The van der Waals surface area contributed by atoms with Gasteiger partial charge in [0.15, 0.2) is 0 Å². The van der Waals surface area contributed by atoms with Crippen LogP contribution in [0.2, 0.25) is 0 Å². The molecule has 2 nitrogen and oxygen atoms in total. The summed E-state index contributed by atoms with van der Waals surface area (Å²) >= 11 is 0.130. The van der Waals surface area contributed by atoms with E-state index >= 15 is 0 Å². The van der Waals surface area contributed by atoms with Gasteiger partial charge in [0.2, 0.25) is 0 Å². The Morgan fingerprint density at radius 1 is 0.750 bits per heavy atom. The third-order valence-electron chi connectivity index (χ3n) is 3.02. The number of anilines is 1. The van der Waals surface area contributed by atoms with Crippen molar-refractivity contribution in [3.63, 3.8) is 0 Å². The molecule has 0 atom stereocenters. The van der Waals surface area contributed by atoms with Crippen LogP contribution in [0.15, 0.2) is 71.5 Å². The molecule has 1 aromatic heterocycles. The monoisotopic (exact) mass is 327 g/mol. The number of rotatable bonds is 2. The first-order valence-electron chi connectivity index (χ1n) is 6.29. The van der Waals surface area contributed by atoms with E-state index < -0.39 is 0 Å². The van der Waals surface area contributed by atoms with Crippen LogP contribution in [0.1, 0.15) is 0 Å². The molecule has 0 unspecified atom stereocenters. The zero-order valence-electron chi connectivity index (χ0n) is 10.7. The minimum atomic E-state index is 0.0591. The Hall–Kier alpha value is -2.09. The predicted octanol–water partition coefficient (Wildman–Crippen LogP) is 3.02. The first-order valence-corrected chi connectivity index (χ1v) is 8.00. The van der Waals surface area contributed by atoms with Gasteiger partial charge in [-0.2, -0.15) is 0 Å². The Morgan fingerprint density at radius 3 is 1.90 bits per heavy atom. The van der Waals surface area contributed by atoms with Gasteiger partial charge in [-0.3, -0.25) is 0 Å². The maximum absolute atomic E-state index is 11.9. The molecule has 3 rings (SSSR count). The minimum absolute atomic E-state index is 0.0591. The van der Waals surface area contributed by atoms with Crippen LogP contribution in [-0.4, -0.2) is 14.5 Å². The van der Waals surface area contributed by atoms with E-state index in [0.717, 1.165) is 25.7 Å². The van der Waals surface area contributed by atoms with E-state index in [4.69, 9.17) is 5.73 Å². The molecule has 2 N–H and O–H groups in total. The van der Waals surface area contributed by atoms with Crippen molar-refractivity contribution in [3.05, 3.63) is 77.0 Å². The zero-order chi connectivity index (χ0) is 13.9. The van der Waals surface area contributed by atoms with Crippen LogP contribution in [0.3, 0.4) is 0 Å². The van der Waals surface area contributed by atoms with Gasteiger partial charge in [0, 0.05) is 0 Å². The topological polar surface area (TPSA) is 43.1 Å². The molecular weight excluding hydrogens is 313 g/mol. The molecule has 1 heterocycles. The molecule has 0 aliphatic heterocycles. The summed E-state index contributed by atoms with van der Waals surface area (Å²) in [6.07, 6.45) is 0. The molecule has 0 saturated heterocycles. The Morgan fingerprint density at radius 2 is 1.30 bits per heavy atom. The van der Waals surface area contributed by atoms with E-state index in [1.807, 2.05) is 54.6 Å². The molecule has 20 heavy (non-hydrogen) atoms. The normalized spacial score (nSPS) is 10.4. The molecule has 0 spiro atoms. The fourth-order valence-electron chi connectivity index (χ4n) is 2.01. The number of hydrogen-bond acceptors (Lipinski definition) is 2. The number of hydrogen-bond donors (Lipinski definition) is 1. The average Bonchev–Trinajstić information content (AvgIpc) is 2.48. The number of nitrogens with two attached hydrogens (primary N) is 1. The van der Waals surface area contributed by atoms with E-state index in [1.165, 1.54) is 0 Å². The number of benzene rings is 2. The van der Waals surface area contributed by atoms with Crippen LogP contribution in [0.4, 0.5) is 5.69 Å².